The van der Waals surface area contributed by atoms with Gasteiger partial charge in [0.2, 0.25) is 0 Å². The first-order valence-corrected chi connectivity index (χ1v) is 3.19. The summed E-state index contributed by atoms with van der Waals surface area (Å²) in [6.07, 6.45) is 0. The molecule has 0 aliphatic rings. The fourth-order valence-corrected chi connectivity index (χ4v) is 0.859. The van der Waals surface area contributed by atoms with Crippen LogP contribution in [-0.2, 0) is 0 Å². The van der Waals surface area contributed by atoms with E-state index in [2.05, 4.69) is 0 Å². The second-order valence-corrected chi connectivity index (χ2v) is 2.16. The Morgan fingerprint density at radius 2 is 1.50 bits per heavy atom. The molecule has 1 N–H and O–H groups in total. The van der Waals surface area contributed by atoms with Crippen molar-refractivity contribution in [3.05, 3.63) is 35.4 Å². The van der Waals surface area contributed by atoms with Gasteiger partial charge in [-0.2, -0.15) is 0 Å². The third kappa shape index (κ3) is 4.97. The van der Waals surface area contributed by atoms with Crippen LogP contribution in [0.4, 0.5) is 0 Å². The van der Waals surface area contributed by atoms with Crippen LogP contribution in [0.25, 0.3) is 0 Å². The molecule has 14 heavy (non-hydrogen) atoms. The number of carboxylic acids is 1. The maximum atomic E-state index is 10.5. The summed E-state index contributed by atoms with van der Waals surface area (Å²) in [7, 11) is 0. The summed E-state index contributed by atoms with van der Waals surface area (Å²) in [4.78, 5) is 10.4. The van der Waals surface area contributed by atoms with E-state index >= 15 is 0 Å². The van der Waals surface area contributed by atoms with Crippen molar-refractivity contribution >= 4 is 11.9 Å². The van der Waals surface area contributed by atoms with Gasteiger partial charge in [0.25, 0.3) is 0 Å². The molecular weight excluding hydrogens is 236 g/mol. The summed E-state index contributed by atoms with van der Waals surface area (Å²) in [5.74, 6) is -2.46. The van der Waals surface area contributed by atoms with Crippen molar-refractivity contribution in [3.63, 3.8) is 0 Å². The second-order valence-electron chi connectivity index (χ2n) is 2.16. The molecule has 0 aliphatic heterocycles. The zero-order valence-corrected chi connectivity index (χ0v) is 14.3. The van der Waals surface area contributed by atoms with Crippen LogP contribution >= 0.6 is 0 Å². The fourth-order valence-electron chi connectivity index (χ4n) is 0.859. The Hall–Kier alpha value is 1.43. The summed E-state index contributed by atoms with van der Waals surface area (Å²) >= 11 is 0. The van der Waals surface area contributed by atoms with Gasteiger partial charge in [-0.25, -0.2) is 0 Å². The van der Waals surface area contributed by atoms with E-state index in [0.717, 1.165) is 0 Å². The van der Waals surface area contributed by atoms with Gasteiger partial charge >= 0.3 is 103 Å². The quantitative estimate of drug-likeness (QED) is 0.317. The summed E-state index contributed by atoms with van der Waals surface area (Å²) in [5.41, 5.74) is -0.380. The molecule has 1 aromatic rings. The van der Waals surface area contributed by atoms with E-state index in [4.69, 9.17) is 5.41 Å². The third-order valence-corrected chi connectivity index (χ3v) is 1.39. The molecule has 0 unspecified atom stereocenters. The Morgan fingerprint density at radius 3 is 1.79 bits per heavy atom. The van der Waals surface area contributed by atoms with Gasteiger partial charge < -0.3 is 20.4 Å². The first-order valence-electron chi connectivity index (χ1n) is 3.19. The third-order valence-electron chi connectivity index (χ3n) is 1.39. The van der Waals surface area contributed by atoms with Crippen LogP contribution in [0.3, 0.4) is 0 Å². The first-order chi connectivity index (χ1) is 5.63. The van der Waals surface area contributed by atoms with Gasteiger partial charge in [0.15, 0.2) is 0 Å². The smallest absolute Gasteiger partial charge is 0.859 e. The standard InChI is InChI=1S/C8H7NO3.2K/c9-7(10)5-3-1-2-4-6(5)8(11)12;;/h1-4H,(H2,9,10)(H,11,12);;/q;2*+1/p-2. The molecule has 0 heterocycles. The minimum atomic E-state index is -1.44. The molecule has 0 amide bonds. The molecule has 0 saturated carbocycles. The molecule has 62 valence electrons. The number of hydrogen-bond donors (Lipinski definition) is 1. The van der Waals surface area contributed by atoms with E-state index < -0.39 is 11.9 Å². The van der Waals surface area contributed by atoms with Crippen molar-refractivity contribution in [1.82, 2.24) is 0 Å². The Bertz CT molecular complexity index is 308. The Balaban J connectivity index is 0. The van der Waals surface area contributed by atoms with E-state index in [1.807, 2.05) is 0 Å². The molecule has 0 saturated heterocycles. The van der Waals surface area contributed by atoms with Crippen molar-refractivity contribution < 1.29 is 118 Å². The molecule has 1 rings (SSSR count). The number of hydrogen-bond acceptors (Lipinski definition) is 4. The van der Waals surface area contributed by atoms with Crippen molar-refractivity contribution in [3.8, 4) is 0 Å². The molecule has 0 radical (unpaired) electrons. The summed E-state index contributed by atoms with van der Waals surface area (Å²) < 4.78 is 0. The minimum Gasteiger partial charge on any atom is -0.859 e. The molecule has 0 bridgehead atoms. The molecular formula is C8H5K2NO3. The van der Waals surface area contributed by atoms with Crippen molar-refractivity contribution in [2.45, 2.75) is 0 Å². The maximum Gasteiger partial charge on any atom is 1.00 e. The summed E-state index contributed by atoms with van der Waals surface area (Å²) in [6.45, 7) is 0. The van der Waals surface area contributed by atoms with Gasteiger partial charge in [0, 0.05) is 5.56 Å². The average Bonchev–Trinajstić information content (AvgIpc) is 2.04. The molecule has 0 spiro atoms. The van der Waals surface area contributed by atoms with Crippen LogP contribution in [-0.4, -0.2) is 11.9 Å². The molecule has 0 atom stereocenters. The van der Waals surface area contributed by atoms with Crippen LogP contribution in [0, 0.1) is 5.41 Å². The van der Waals surface area contributed by atoms with Crippen LogP contribution in [0.5, 0.6) is 0 Å². The van der Waals surface area contributed by atoms with E-state index in [-0.39, 0.29) is 114 Å². The van der Waals surface area contributed by atoms with Gasteiger partial charge in [-0.1, -0.05) is 24.3 Å². The van der Waals surface area contributed by atoms with E-state index in [1.165, 1.54) is 24.3 Å². The zero-order valence-electron chi connectivity index (χ0n) is 8.03. The predicted octanol–water partition coefficient (Wildman–Crippen LogP) is -7.26. The molecule has 0 aliphatic carbocycles. The number of rotatable bonds is 2. The van der Waals surface area contributed by atoms with Crippen LogP contribution in [0.1, 0.15) is 15.9 Å². The second kappa shape index (κ2) is 8.57. The molecule has 4 nitrogen and oxygen atoms in total. The molecule has 6 heteroatoms. The zero-order chi connectivity index (χ0) is 9.14. The fraction of sp³-hybridized carbons (Fsp3) is 0. The van der Waals surface area contributed by atoms with Gasteiger partial charge in [-0.05, 0) is 11.5 Å². The maximum absolute atomic E-state index is 10.5. The Labute approximate surface area is 166 Å². The van der Waals surface area contributed by atoms with E-state index in [9.17, 15) is 15.0 Å². The molecule has 0 fully saturated rings. The van der Waals surface area contributed by atoms with Crippen LogP contribution < -0.4 is 113 Å². The van der Waals surface area contributed by atoms with E-state index in [1.54, 1.807) is 0 Å². The van der Waals surface area contributed by atoms with Crippen LogP contribution in [0.15, 0.2) is 24.3 Å². The van der Waals surface area contributed by atoms with Crippen molar-refractivity contribution in [1.29, 1.82) is 5.41 Å². The minimum absolute atomic E-state index is 0. The number of carbonyl (C=O) groups is 1. The molecule has 0 aromatic heterocycles. The summed E-state index contributed by atoms with van der Waals surface area (Å²) in [6, 6.07) is 5.48. The van der Waals surface area contributed by atoms with Gasteiger partial charge in [0.05, 0.1) is 5.97 Å². The van der Waals surface area contributed by atoms with Crippen molar-refractivity contribution in [2.24, 2.45) is 0 Å². The number of carboxylic acid groups (broad SMARTS) is 1. The number of benzene rings is 1. The average molecular weight is 241 g/mol. The van der Waals surface area contributed by atoms with E-state index in [0.29, 0.717) is 0 Å². The SMILES string of the molecule is N=C([O-])c1ccccc1C(=O)[O-].[K+].[K+]. The normalized spacial score (nSPS) is 8.00. The monoisotopic (exact) mass is 241 g/mol. The number of aromatic carboxylic acids is 1. The Kier molecular flexibility index (Phi) is 10.9. The topological polar surface area (TPSA) is 87.0 Å². The summed E-state index contributed by atoms with van der Waals surface area (Å²) in [5, 5.41) is 27.6. The molecule has 1 aromatic carbocycles. The van der Waals surface area contributed by atoms with Gasteiger partial charge in [0.1, 0.15) is 0 Å². The van der Waals surface area contributed by atoms with Crippen LogP contribution in [0.2, 0.25) is 0 Å². The number of nitrogens with one attached hydrogen (secondary N) is 1. The Morgan fingerprint density at radius 1 is 1.07 bits per heavy atom. The van der Waals surface area contributed by atoms with Gasteiger partial charge in [-0.15, -0.1) is 0 Å². The largest absolute Gasteiger partial charge is 1.00 e. The van der Waals surface area contributed by atoms with Crippen molar-refractivity contribution in [2.75, 3.05) is 0 Å². The number of carbonyl (C=O) groups excluding carboxylic acids is 1. The predicted molar refractivity (Wildman–Crippen MR) is 37.6 cm³/mol. The van der Waals surface area contributed by atoms with Gasteiger partial charge in [-0.3, -0.25) is 0 Å². The first kappa shape index (κ1) is 17.8.